The molecule has 1 aromatic heterocycles. The van der Waals surface area contributed by atoms with Crippen LogP contribution in [-0.2, 0) is 11.2 Å². The van der Waals surface area contributed by atoms with Crippen molar-refractivity contribution in [2.24, 2.45) is 0 Å². The van der Waals surface area contributed by atoms with E-state index < -0.39 is 5.97 Å². The molecule has 0 unspecified atom stereocenters. The topological polar surface area (TPSA) is 84.4 Å². The summed E-state index contributed by atoms with van der Waals surface area (Å²) in [6.45, 7) is 2.58. The summed E-state index contributed by atoms with van der Waals surface area (Å²) in [6, 6.07) is 16.4. The quantitative estimate of drug-likeness (QED) is 0.689. The first kappa shape index (κ1) is 18.6. The molecule has 146 valence electrons. The van der Waals surface area contributed by atoms with Crippen LogP contribution in [0.3, 0.4) is 0 Å². The summed E-state index contributed by atoms with van der Waals surface area (Å²) in [4.78, 5) is 35.2. The van der Waals surface area contributed by atoms with Gasteiger partial charge in [0.15, 0.2) is 0 Å². The Morgan fingerprint density at radius 3 is 2.59 bits per heavy atom. The van der Waals surface area contributed by atoms with E-state index in [4.69, 9.17) is 0 Å². The number of methoxy groups -OCH3 is 1. The monoisotopic (exact) mass is 388 g/mol. The van der Waals surface area contributed by atoms with E-state index in [0.717, 1.165) is 18.7 Å². The molecular formula is C22H20N4O3. The van der Waals surface area contributed by atoms with Crippen molar-refractivity contribution in [3.05, 3.63) is 77.2 Å². The van der Waals surface area contributed by atoms with Crippen LogP contribution in [0.4, 0.5) is 17.2 Å². The van der Waals surface area contributed by atoms with Crippen molar-refractivity contribution in [2.45, 2.75) is 13.3 Å². The number of benzene rings is 2. The second kappa shape index (κ2) is 7.71. The van der Waals surface area contributed by atoms with Crippen LogP contribution >= 0.6 is 0 Å². The van der Waals surface area contributed by atoms with Crippen LogP contribution in [0.1, 0.15) is 32.2 Å². The molecular weight excluding hydrogens is 368 g/mol. The third-order valence-corrected chi connectivity index (χ3v) is 4.78. The van der Waals surface area contributed by atoms with Gasteiger partial charge in [-0.25, -0.2) is 14.8 Å². The van der Waals surface area contributed by atoms with Gasteiger partial charge in [-0.15, -0.1) is 0 Å². The van der Waals surface area contributed by atoms with Gasteiger partial charge in [0.25, 0.3) is 5.91 Å². The number of fused-ring (bicyclic) bond motifs is 1. The zero-order chi connectivity index (χ0) is 20.4. The summed E-state index contributed by atoms with van der Waals surface area (Å²) in [6.07, 6.45) is 0.938. The number of aryl methyl sites for hydroxylation is 1. The SMILES string of the molecule is COC(=O)c1ccc(NC(=O)c2cc(N3CCc4ccccc43)nc(C)n2)cc1. The molecule has 1 N–H and O–H groups in total. The minimum atomic E-state index is -0.426. The van der Waals surface area contributed by atoms with Crippen LogP contribution in [0.5, 0.6) is 0 Å². The number of aromatic nitrogens is 2. The highest BCUT2D eigenvalue weighted by atomic mass is 16.5. The third-order valence-electron chi connectivity index (χ3n) is 4.78. The number of anilines is 3. The lowest BCUT2D eigenvalue weighted by atomic mass is 10.2. The smallest absolute Gasteiger partial charge is 0.337 e. The molecule has 2 aromatic carbocycles. The standard InChI is InChI=1S/C22H20N4O3/c1-14-23-18(21(27)25-17-9-7-16(8-10-17)22(28)29-2)13-20(24-14)26-12-11-15-5-3-4-6-19(15)26/h3-10,13H,11-12H2,1-2H3,(H,25,27). The number of carbonyl (C=O) groups is 2. The van der Waals surface area contributed by atoms with E-state index in [1.165, 1.54) is 12.7 Å². The Morgan fingerprint density at radius 2 is 1.83 bits per heavy atom. The summed E-state index contributed by atoms with van der Waals surface area (Å²) in [7, 11) is 1.33. The number of amides is 1. The van der Waals surface area contributed by atoms with E-state index in [1.54, 1.807) is 37.3 Å². The first-order valence-electron chi connectivity index (χ1n) is 9.26. The summed E-state index contributed by atoms with van der Waals surface area (Å²) >= 11 is 0. The molecule has 0 fully saturated rings. The van der Waals surface area contributed by atoms with Crippen molar-refractivity contribution in [2.75, 3.05) is 23.9 Å². The van der Waals surface area contributed by atoms with Crippen LogP contribution in [0.25, 0.3) is 0 Å². The average Bonchev–Trinajstić information content (AvgIpc) is 3.17. The summed E-state index contributed by atoms with van der Waals surface area (Å²) < 4.78 is 4.68. The predicted molar refractivity (Wildman–Crippen MR) is 110 cm³/mol. The van der Waals surface area contributed by atoms with Crippen molar-refractivity contribution < 1.29 is 14.3 Å². The molecule has 4 rings (SSSR count). The summed E-state index contributed by atoms with van der Waals surface area (Å²) in [5.74, 6) is 0.464. The zero-order valence-electron chi connectivity index (χ0n) is 16.2. The van der Waals surface area contributed by atoms with Gasteiger partial charge in [0, 0.05) is 24.0 Å². The second-order valence-electron chi connectivity index (χ2n) is 6.71. The van der Waals surface area contributed by atoms with Crippen LogP contribution < -0.4 is 10.2 Å². The average molecular weight is 388 g/mol. The van der Waals surface area contributed by atoms with Gasteiger partial charge in [0.1, 0.15) is 17.3 Å². The lowest BCUT2D eigenvalue weighted by molar-refractivity contribution is 0.0600. The minimum Gasteiger partial charge on any atom is -0.465 e. The Bertz CT molecular complexity index is 1080. The normalized spacial score (nSPS) is 12.4. The summed E-state index contributed by atoms with van der Waals surface area (Å²) in [5, 5.41) is 2.81. The van der Waals surface area contributed by atoms with E-state index in [9.17, 15) is 9.59 Å². The predicted octanol–water partition coefficient (Wildman–Crippen LogP) is 3.52. The van der Waals surface area contributed by atoms with Crippen molar-refractivity contribution in [1.82, 2.24) is 9.97 Å². The Balaban J connectivity index is 1.56. The van der Waals surface area contributed by atoms with E-state index in [0.29, 0.717) is 22.9 Å². The highest BCUT2D eigenvalue weighted by Crippen LogP contribution is 2.33. The molecule has 0 spiro atoms. The highest BCUT2D eigenvalue weighted by molar-refractivity contribution is 6.03. The number of ether oxygens (including phenoxy) is 1. The first-order valence-corrected chi connectivity index (χ1v) is 9.26. The maximum absolute atomic E-state index is 12.7. The Labute approximate surface area is 168 Å². The molecule has 0 atom stereocenters. The second-order valence-corrected chi connectivity index (χ2v) is 6.71. The van der Waals surface area contributed by atoms with E-state index in [-0.39, 0.29) is 11.6 Å². The number of para-hydroxylation sites is 1. The van der Waals surface area contributed by atoms with Gasteiger partial charge in [-0.2, -0.15) is 0 Å². The van der Waals surface area contributed by atoms with Crippen LogP contribution in [0, 0.1) is 6.92 Å². The summed E-state index contributed by atoms with van der Waals surface area (Å²) in [5.41, 5.74) is 3.63. The Morgan fingerprint density at radius 1 is 1.07 bits per heavy atom. The molecule has 7 heteroatoms. The Kier molecular flexibility index (Phi) is 4.95. The molecule has 0 radical (unpaired) electrons. The van der Waals surface area contributed by atoms with E-state index in [1.807, 2.05) is 12.1 Å². The number of esters is 1. The number of nitrogens with one attached hydrogen (secondary N) is 1. The van der Waals surface area contributed by atoms with Crippen molar-refractivity contribution in [3.63, 3.8) is 0 Å². The molecule has 0 bridgehead atoms. The molecule has 0 saturated heterocycles. The lowest BCUT2D eigenvalue weighted by Crippen LogP contribution is -2.19. The zero-order valence-corrected chi connectivity index (χ0v) is 16.2. The van der Waals surface area contributed by atoms with Gasteiger partial charge in [-0.1, -0.05) is 18.2 Å². The molecule has 2 heterocycles. The maximum Gasteiger partial charge on any atom is 0.337 e. The van der Waals surface area contributed by atoms with Gasteiger partial charge < -0.3 is 15.0 Å². The van der Waals surface area contributed by atoms with E-state index in [2.05, 4.69) is 37.1 Å². The fraction of sp³-hybridized carbons (Fsp3) is 0.182. The van der Waals surface area contributed by atoms with Crippen LogP contribution in [-0.4, -0.2) is 35.5 Å². The van der Waals surface area contributed by atoms with Crippen molar-refractivity contribution >= 4 is 29.1 Å². The molecule has 29 heavy (non-hydrogen) atoms. The number of hydrogen-bond acceptors (Lipinski definition) is 6. The van der Waals surface area contributed by atoms with Gasteiger partial charge >= 0.3 is 5.97 Å². The van der Waals surface area contributed by atoms with Crippen LogP contribution in [0.15, 0.2) is 54.6 Å². The van der Waals surface area contributed by atoms with Gasteiger partial charge in [-0.05, 0) is 49.2 Å². The lowest BCUT2D eigenvalue weighted by Gasteiger charge is -2.19. The number of carbonyl (C=O) groups excluding carboxylic acids is 2. The molecule has 1 aliphatic rings. The minimum absolute atomic E-state index is 0.286. The third kappa shape index (κ3) is 3.80. The van der Waals surface area contributed by atoms with Gasteiger partial charge in [-0.3, -0.25) is 4.79 Å². The van der Waals surface area contributed by atoms with Crippen molar-refractivity contribution in [1.29, 1.82) is 0 Å². The van der Waals surface area contributed by atoms with Gasteiger partial charge in [0.2, 0.25) is 0 Å². The molecule has 1 aliphatic heterocycles. The fourth-order valence-electron chi connectivity index (χ4n) is 3.39. The molecule has 0 saturated carbocycles. The number of hydrogen-bond donors (Lipinski definition) is 1. The number of nitrogens with zero attached hydrogens (tertiary/aromatic N) is 3. The van der Waals surface area contributed by atoms with Crippen LogP contribution in [0.2, 0.25) is 0 Å². The fourth-order valence-corrected chi connectivity index (χ4v) is 3.39. The molecule has 0 aliphatic carbocycles. The molecule has 1 amide bonds. The van der Waals surface area contributed by atoms with Gasteiger partial charge in [0.05, 0.1) is 12.7 Å². The van der Waals surface area contributed by atoms with E-state index >= 15 is 0 Å². The molecule has 3 aromatic rings. The largest absolute Gasteiger partial charge is 0.465 e. The van der Waals surface area contributed by atoms with Crippen molar-refractivity contribution in [3.8, 4) is 0 Å². The molecule has 7 nitrogen and oxygen atoms in total. The highest BCUT2D eigenvalue weighted by Gasteiger charge is 2.22. The first-order chi connectivity index (χ1) is 14.0. The number of rotatable bonds is 4. The maximum atomic E-state index is 12.7. The Hall–Kier alpha value is -3.74.